The molecule has 0 saturated heterocycles. The van der Waals surface area contributed by atoms with E-state index in [2.05, 4.69) is 35.9 Å². The molecule has 1 fully saturated rings. The summed E-state index contributed by atoms with van der Waals surface area (Å²) in [4.78, 5) is 27.4. The van der Waals surface area contributed by atoms with E-state index in [0.29, 0.717) is 30.3 Å². The van der Waals surface area contributed by atoms with Gasteiger partial charge in [-0.3, -0.25) is 9.89 Å². The highest BCUT2D eigenvalue weighted by Crippen LogP contribution is 2.42. The van der Waals surface area contributed by atoms with Crippen LogP contribution in [0.2, 0.25) is 0 Å². The molecule has 11 nitrogen and oxygen atoms in total. The van der Waals surface area contributed by atoms with Crippen LogP contribution in [0.15, 0.2) is 48.4 Å². The standard InChI is InChI=1S/C28H30FN9O2S/c1-16-10-23(37-36-16)34-22-11-21-26(41-15-31-21)25(35-22)18-6-8-28(40-3,9-7-18)27(39)33-17(2)19-4-5-24(30-12-19)38-14-20(29)13-32-38/h4-5,10-15,17-18H,6-9H2,1-3H3,(H,33,39)(H2,34,35,36,37)/t17-,18-,28+/m0/s1. The van der Waals surface area contributed by atoms with E-state index in [9.17, 15) is 9.18 Å². The zero-order chi connectivity index (χ0) is 28.6. The van der Waals surface area contributed by atoms with Crippen LogP contribution in [0.25, 0.3) is 16.0 Å². The fourth-order valence-corrected chi connectivity index (χ4v) is 6.19. The lowest BCUT2D eigenvalue weighted by Gasteiger charge is -2.38. The van der Waals surface area contributed by atoms with Crippen molar-refractivity contribution in [1.82, 2.24) is 40.2 Å². The molecule has 0 aliphatic heterocycles. The Kier molecular flexibility index (Phi) is 7.22. The third-order valence-electron chi connectivity index (χ3n) is 7.69. The quantitative estimate of drug-likeness (QED) is 0.232. The molecule has 41 heavy (non-hydrogen) atoms. The zero-order valence-electron chi connectivity index (χ0n) is 22.9. The van der Waals surface area contributed by atoms with E-state index in [1.165, 1.54) is 10.9 Å². The summed E-state index contributed by atoms with van der Waals surface area (Å²) in [5, 5.41) is 17.5. The molecule has 0 spiro atoms. The minimum atomic E-state index is -0.931. The first-order valence-electron chi connectivity index (χ1n) is 13.4. The Hall–Kier alpha value is -4.23. The van der Waals surface area contributed by atoms with Crippen molar-refractivity contribution in [3.63, 3.8) is 0 Å². The lowest BCUT2D eigenvalue weighted by molar-refractivity contribution is -0.148. The summed E-state index contributed by atoms with van der Waals surface area (Å²) in [6.07, 6.45) is 6.67. The first-order chi connectivity index (χ1) is 19.8. The van der Waals surface area contributed by atoms with Gasteiger partial charge in [0.15, 0.2) is 17.5 Å². The summed E-state index contributed by atoms with van der Waals surface area (Å²) in [5.74, 6) is 1.46. The van der Waals surface area contributed by atoms with Crippen LogP contribution in [0, 0.1) is 12.7 Å². The van der Waals surface area contributed by atoms with Crippen LogP contribution in [-0.2, 0) is 9.53 Å². The molecule has 0 aromatic carbocycles. The first kappa shape index (κ1) is 27.0. The number of rotatable bonds is 8. The van der Waals surface area contributed by atoms with Gasteiger partial charge < -0.3 is 15.4 Å². The van der Waals surface area contributed by atoms with E-state index in [1.54, 1.807) is 30.7 Å². The van der Waals surface area contributed by atoms with Gasteiger partial charge in [-0.2, -0.15) is 10.2 Å². The second-order valence-electron chi connectivity index (χ2n) is 10.4. The van der Waals surface area contributed by atoms with Crippen molar-refractivity contribution in [3.05, 3.63) is 71.1 Å². The monoisotopic (exact) mass is 575 g/mol. The van der Waals surface area contributed by atoms with Gasteiger partial charge in [0, 0.05) is 37.1 Å². The van der Waals surface area contributed by atoms with Gasteiger partial charge in [0.1, 0.15) is 11.4 Å². The van der Waals surface area contributed by atoms with E-state index >= 15 is 0 Å². The molecule has 5 aromatic heterocycles. The molecule has 1 saturated carbocycles. The summed E-state index contributed by atoms with van der Waals surface area (Å²) in [6, 6.07) is 7.15. The number of halogens is 1. The number of H-pyrrole nitrogens is 1. The molecule has 3 N–H and O–H groups in total. The Bertz CT molecular complexity index is 1670. The van der Waals surface area contributed by atoms with Crippen molar-refractivity contribution in [1.29, 1.82) is 0 Å². The Balaban J connectivity index is 1.14. The Morgan fingerprint density at radius 3 is 2.71 bits per heavy atom. The fraction of sp³-hybridized carbons (Fsp3) is 0.357. The van der Waals surface area contributed by atoms with Crippen LogP contribution in [-0.4, -0.2) is 53.5 Å². The maximum atomic E-state index is 13.5. The molecule has 6 rings (SSSR count). The molecule has 1 aliphatic carbocycles. The number of anilines is 2. The predicted octanol–water partition coefficient (Wildman–Crippen LogP) is 5.11. The average molecular weight is 576 g/mol. The number of ether oxygens (including phenoxy) is 1. The van der Waals surface area contributed by atoms with Crippen molar-refractivity contribution >= 4 is 39.1 Å². The molecular formula is C28H30FN9O2S. The second-order valence-corrected chi connectivity index (χ2v) is 11.2. The predicted molar refractivity (Wildman–Crippen MR) is 153 cm³/mol. The Morgan fingerprint density at radius 2 is 2.05 bits per heavy atom. The summed E-state index contributed by atoms with van der Waals surface area (Å²) in [5.41, 5.74) is 4.56. The van der Waals surface area contributed by atoms with Crippen LogP contribution >= 0.6 is 11.3 Å². The van der Waals surface area contributed by atoms with E-state index < -0.39 is 11.4 Å². The summed E-state index contributed by atoms with van der Waals surface area (Å²) in [7, 11) is 1.60. The number of carbonyl (C=O) groups excluding carboxylic acids is 1. The molecule has 1 amide bonds. The first-order valence-corrected chi connectivity index (χ1v) is 14.3. The van der Waals surface area contributed by atoms with Gasteiger partial charge in [-0.1, -0.05) is 6.07 Å². The van der Waals surface area contributed by atoms with Gasteiger partial charge in [0.25, 0.3) is 5.91 Å². The van der Waals surface area contributed by atoms with Crippen molar-refractivity contribution in [3.8, 4) is 5.82 Å². The van der Waals surface area contributed by atoms with Gasteiger partial charge in [-0.25, -0.2) is 24.0 Å². The molecule has 0 unspecified atom stereocenters. The second kappa shape index (κ2) is 11.0. The highest BCUT2D eigenvalue weighted by atomic mass is 32.1. The Labute approximate surface area is 239 Å². The summed E-state index contributed by atoms with van der Waals surface area (Å²) in [6.45, 7) is 3.85. The van der Waals surface area contributed by atoms with Crippen LogP contribution in [0.5, 0.6) is 0 Å². The van der Waals surface area contributed by atoms with Gasteiger partial charge in [-0.15, -0.1) is 11.3 Å². The maximum absolute atomic E-state index is 13.5. The number of aryl methyl sites for hydroxylation is 1. The highest BCUT2D eigenvalue weighted by Gasteiger charge is 2.43. The number of amides is 1. The summed E-state index contributed by atoms with van der Waals surface area (Å²) < 4.78 is 21.6. The van der Waals surface area contributed by atoms with Crippen LogP contribution in [0.1, 0.15) is 61.5 Å². The SMILES string of the molecule is CO[C@]1(C(=O)N[C@@H](C)c2ccc(-n3cc(F)cn3)nc2)CC[C@H](c2nc(Nc3cc(C)[nH]n3)cc3ncsc32)CC1. The minimum absolute atomic E-state index is 0.149. The summed E-state index contributed by atoms with van der Waals surface area (Å²) >= 11 is 1.58. The molecule has 0 bridgehead atoms. The molecule has 0 radical (unpaired) electrons. The lowest BCUT2D eigenvalue weighted by atomic mass is 9.76. The normalized spacial score (nSPS) is 19.8. The number of thiazole rings is 1. The van der Waals surface area contributed by atoms with Crippen LogP contribution in [0.4, 0.5) is 16.0 Å². The third-order valence-corrected chi connectivity index (χ3v) is 8.56. The third kappa shape index (κ3) is 5.42. The van der Waals surface area contributed by atoms with Crippen molar-refractivity contribution < 1.29 is 13.9 Å². The van der Waals surface area contributed by atoms with E-state index in [0.717, 1.165) is 46.2 Å². The van der Waals surface area contributed by atoms with Gasteiger partial charge in [-0.05, 0) is 51.2 Å². The lowest BCUT2D eigenvalue weighted by Crippen LogP contribution is -2.50. The fourth-order valence-electron chi connectivity index (χ4n) is 5.35. The van der Waals surface area contributed by atoms with E-state index in [-0.39, 0.29) is 17.9 Å². The molecular weight excluding hydrogens is 545 g/mol. The molecule has 1 aliphatic rings. The zero-order valence-corrected chi connectivity index (χ0v) is 23.7. The van der Waals surface area contributed by atoms with Gasteiger partial charge in [0.2, 0.25) is 0 Å². The van der Waals surface area contributed by atoms with Gasteiger partial charge >= 0.3 is 0 Å². The number of pyridine rings is 2. The van der Waals surface area contributed by atoms with E-state index in [1.807, 2.05) is 37.6 Å². The number of carbonyl (C=O) groups is 1. The molecule has 1 atom stereocenters. The molecule has 5 heterocycles. The van der Waals surface area contributed by atoms with Crippen molar-refractivity contribution in [2.75, 3.05) is 12.4 Å². The average Bonchev–Trinajstić information content (AvgIpc) is 3.74. The topological polar surface area (TPSA) is 136 Å². The van der Waals surface area contributed by atoms with E-state index in [4.69, 9.17) is 9.72 Å². The number of fused-ring (bicyclic) bond motifs is 1. The Morgan fingerprint density at radius 1 is 1.22 bits per heavy atom. The number of aromatic amines is 1. The van der Waals surface area contributed by atoms with Crippen molar-refractivity contribution in [2.45, 2.75) is 57.1 Å². The number of hydrogen-bond donors (Lipinski definition) is 3. The number of hydrogen-bond acceptors (Lipinski definition) is 9. The van der Waals surface area contributed by atoms with Crippen LogP contribution in [0.3, 0.4) is 0 Å². The largest absolute Gasteiger partial charge is 0.368 e. The number of aromatic nitrogens is 7. The minimum Gasteiger partial charge on any atom is -0.368 e. The number of nitrogens with one attached hydrogen (secondary N) is 3. The highest BCUT2D eigenvalue weighted by molar-refractivity contribution is 7.16. The molecule has 13 heteroatoms. The van der Waals surface area contributed by atoms with Gasteiger partial charge in [0.05, 0.1) is 39.9 Å². The number of nitrogens with zero attached hydrogens (tertiary/aromatic N) is 6. The number of methoxy groups -OCH3 is 1. The molecule has 5 aromatic rings. The maximum Gasteiger partial charge on any atom is 0.252 e. The van der Waals surface area contributed by atoms with Crippen molar-refractivity contribution in [2.24, 2.45) is 0 Å². The van der Waals surface area contributed by atoms with Crippen LogP contribution < -0.4 is 10.6 Å². The molecule has 212 valence electrons. The smallest absolute Gasteiger partial charge is 0.252 e.